The molecule has 1 saturated heterocycles. The fraction of sp³-hybridized carbons (Fsp3) is 0.529. The van der Waals surface area contributed by atoms with Gasteiger partial charge in [-0.25, -0.2) is 18.0 Å². The van der Waals surface area contributed by atoms with E-state index in [1.54, 1.807) is 0 Å². The number of methoxy groups -OCH3 is 1. The fourth-order valence-corrected chi connectivity index (χ4v) is 4.00. The highest BCUT2D eigenvalue weighted by Gasteiger charge is 2.27. The molecule has 1 amide bonds. The van der Waals surface area contributed by atoms with Crippen LogP contribution in [0.2, 0.25) is 0 Å². The lowest BCUT2D eigenvalue weighted by Gasteiger charge is -2.34. The number of benzene rings is 1. The van der Waals surface area contributed by atoms with Crippen molar-refractivity contribution in [1.29, 1.82) is 0 Å². The molecule has 0 aromatic heterocycles. The molecule has 0 bridgehead atoms. The summed E-state index contributed by atoms with van der Waals surface area (Å²) in [6.45, 7) is 2.83. The first-order valence-corrected chi connectivity index (χ1v) is 10.2. The fourth-order valence-electron chi connectivity index (χ4n) is 3.16. The van der Waals surface area contributed by atoms with Gasteiger partial charge in [-0.15, -0.1) is 0 Å². The Bertz CT molecular complexity index is 784. The van der Waals surface area contributed by atoms with Crippen molar-refractivity contribution in [3.8, 4) is 0 Å². The van der Waals surface area contributed by atoms with Gasteiger partial charge in [0.05, 0.1) is 23.3 Å². The van der Waals surface area contributed by atoms with Crippen molar-refractivity contribution >= 4 is 27.6 Å². The van der Waals surface area contributed by atoms with Gasteiger partial charge in [-0.2, -0.15) is 0 Å². The SMILES string of the molecule is COC(=O)c1ccc(S(C)(=O)=O)c(N[C@@H](C)C2CCN(C(=O)O)CC2)c1. The van der Waals surface area contributed by atoms with Gasteiger partial charge in [-0.3, -0.25) is 0 Å². The number of sulfone groups is 1. The summed E-state index contributed by atoms with van der Waals surface area (Å²) in [7, 11) is -2.22. The number of amides is 1. The summed E-state index contributed by atoms with van der Waals surface area (Å²) in [6.07, 6.45) is 1.56. The van der Waals surface area contributed by atoms with Crippen molar-refractivity contribution in [3.63, 3.8) is 0 Å². The van der Waals surface area contributed by atoms with Crippen molar-refractivity contribution in [2.24, 2.45) is 5.92 Å². The number of hydrogen-bond donors (Lipinski definition) is 2. The van der Waals surface area contributed by atoms with E-state index in [0.29, 0.717) is 31.6 Å². The lowest BCUT2D eigenvalue weighted by molar-refractivity contribution is 0.0600. The lowest BCUT2D eigenvalue weighted by Crippen LogP contribution is -2.41. The van der Waals surface area contributed by atoms with E-state index >= 15 is 0 Å². The molecule has 0 unspecified atom stereocenters. The minimum atomic E-state index is -3.48. The number of nitrogens with one attached hydrogen (secondary N) is 1. The van der Waals surface area contributed by atoms with Gasteiger partial charge >= 0.3 is 12.1 Å². The van der Waals surface area contributed by atoms with E-state index in [2.05, 4.69) is 5.32 Å². The second kappa shape index (κ2) is 7.94. The molecule has 26 heavy (non-hydrogen) atoms. The highest BCUT2D eigenvalue weighted by molar-refractivity contribution is 7.90. The second-order valence-corrected chi connectivity index (χ2v) is 8.50. The maximum atomic E-state index is 12.1. The van der Waals surface area contributed by atoms with Gasteiger partial charge in [-0.1, -0.05) is 0 Å². The largest absolute Gasteiger partial charge is 0.465 e. The van der Waals surface area contributed by atoms with E-state index in [9.17, 15) is 18.0 Å². The molecule has 2 N–H and O–H groups in total. The number of ether oxygens (including phenoxy) is 1. The van der Waals surface area contributed by atoms with Crippen LogP contribution >= 0.6 is 0 Å². The number of carbonyl (C=O) groups is 2. The number of likely N-dealkylation sites (tertiary alicyclic amines) is 1. The molecule has 1 aromatic carbocycles. The molecule has 0 spiro atoms. The van der Waals surface area contributed by atoms with E-state index in [1.165, 1.54) is 30.2 Å². The smallest absolute Gasteiger partial charge is 0.407 e. The summed E-state index contributed by atoms with van der Waals surface area (Å²) in [5, 5.41) is 12.2. The Labute approximate surface area is 153 Å². The first-order chi connectivity index (χ1) is 12.1. The van der Waals surface area contributed by atoms with Crippen LogP contribution in [0, 0.1) is 5.92 Å². The number of rotatable bonds is 5. The van der Waals surface area contributed by atoms with Gasteiger partial charge < -0.3 is 20.1 Å². The third-order valence-corrected chi connectivity index (χ3v) is 5.86. The molecule has 0 radical (unpaired) electrons. The Balaban J connectivity index is 2.21. The molecular formula is C17H24N2O6S. The predicted octanol–water partition coefficient (Wildman–Crippen LogP) is 2.07. The molecule has 0 saturated carbocycles. The third-order valence-electron chi connectivity index (χ3n) is 4.70. The van der Waals surface area contributed by atoms with Crippen LogP contribution in [-0.2, 0) is 14.6 Å². The number of carbonyl (C=O) groups excluding carboxylic acids is 1. The van der Waals surface area contributed by atoms with Crippen LogP contribution in [0.3, 0.4) is 0 Å². The monoisotopic (exact) mass is 384 g/mol. The van der Waals surface area contributed by atoms with Crippen LogP contribution in [0.5, 0.6) is 0 Å². The molecule has 0 aliphatic carbocycles. The molecule has 8 nitrogen and oxygen atoms in total. The molecule has 1 atom stereocenters. The van der Waals surface area contributed by atoms with Crippen molar-refractivity contribution in [2.75, 3.05) is 31.8 Å². The summed E-state index contributed by atoms with van der Waals surface area (Å²) >= 11 is 0. The number of carboxylic acid groups (broad SMARTS) is 1. The summed E-state index contributed by atoms with van der Waals surface area (Å²) in [4.78, 5) is 24.2. The quantitative estimate of drug-likeness (QED) is 0.747. The normalized spacial score (nSPS) is 16.8. The van der Waals surface area contributed by atoms with Crippen molar-refractivity contribution in [2.45, 2.75) is 30.7 Å². The van der Waals surface area contributed by atoms with E-state index in [-0.39, 0.29) is 22.4 Å². The van der Waals surface area contributed by atoms with Gasteiger partial charge in [-0.05, 0) is 43.9 Å². The van der Waals surface area contributed by atoms with E-state index in [1.807, 2.05) is 6.92 Å². The summed E-state index contributed by atoms with van der Waals surface area (Å²) in [5.41, 5.74) is 0.610. The van der Waals surface area contributed by atoms with E-state index in [4.69, 9.17) is 9.84 Å². The van der Waals surface area contributed by atoms with Crippen molar-refractivity contribution in [3.05, 3.63) is 23.8 Å². The zero-order valence-corrected chi connectivity index (χ0v) is 15.9. The molecule has 1 aliphatic rings. The maximum absolute atomic E-state index is 12.1. The Morgan fingerprint density at radius 2 is 1.92 bits per heavy atom. The van der Waals surface area contributed by atoms with Crippen LogP contribution in [-0.4, -0.2) is 63.0 Å². The first kappa shape index (κ1) is 20.0. The van der Waals surface area contributed by atoms with Crippen molar-refractivity contribution in [1.82, 2.24) is 4.90 Å². The van der Waals surface area contributed by atoms with Crippen LogP contribution in [0.15, 0.2) is 23.1 Å². The average molecular weight is 384 g/mol. The number of esters is 1. The zero-order valence-electron chi connectivity index (χ0n) is 15.1. The van der Waals surface area contributed by atoms with E-state index < -0.39 is 21.9 Å². The van der Waals surface area contributed by atoms with Crippen molar-refractivity contribution < 1.29 is 27.9 Å². The second-order valence-electron chi connectivity index (χ2n) is 6.51. The summed E-state index contributed by atoms with van der Waals surface area (Å²) in [6, 6.07) is 4.21. The molecule has 1 aromatic rings. The minimum Gasteiger partial charge on any atom is -0.465 e. The Morgan fingerprint density at radius 1 is 1.31 bits per heavy atom. The van der Waals surface area contributed by atoms with Gasteiger partial charge in [0.15, 0.2) is 9.84 Å². The molecule has 1 fully saturated rings. The molecule has 2 rings (SSSR count). The molecule has 9 heteroatoms. The van der Waals surface area contributed by atoms with Crippen LogP contribution in [0.4, 0.5) is 10.5 Å². The topological polar surface area (TPSA) is 113 Å². The first-order valence-electron chi connectivity index (χ1n) is 8.30. The van der Waals surface area contributed by atoms with Crippen LogP contribution < -0.4 is 5.32 Å². The lowest BCUT2D eigenvalue weighted by atomic mass is 9.90. The van der Waals surface area contributed by atoms with Crippen LogP contribution in [0.25, 0.3) is 0 Å². The molecule has 1 aliphatic heterocycles. The molecular weight excluding hydrogens is 360 g/mol. The van der Waals surface area contributed by atoms with Gasteiger partial charge in [0, 0.05) is 25.4 Å². The Kier molecular flexibility index (Phi) is 6.12. The van der Waals surface area contributed by atoms with Gasteiger partial charge in [0.1, 0.15) is 0 Å². The Morgan fingerprint density at radius 3 is 2.42 bits per heavy atom. The minimum absolute atomic E-state index is 0.0839. The van der Waals surface area contributed by atoms with Gasteiger partial charge in [0.25, 0.3) is 0 Å². The molecule has 1 heterocycles. The third kappa shape index (κ3) is 4.66. The zero-order chi connectivity index (χ0) is 19.5. The highest BCUT2D eigenvalue weighted by atomic mass is 32.2. The summed E-state index contributed by atoms with van der Waals surface area (Å²) in [5.74, 6) is -0.352. The summed E-state index contributed by atoms with van der Waals surface area (Å²) < 4.78 is 28.8. The predicted molar refractivity (Wildman–Crippen MR) is 96.3 cm³/mol. The van der Waals surface area contributed by atoms with Crippen LogP contribution in [0.1, 0.15) is 30.1 Å². The standard InChI is InChI=1S/C17H24N2O6S/c1-11(12-6-8-19(9-7-12)17(21)22)18-14-10-13(16(20)25-2)4-5-15(14)26(3,23)24/h4-5,10-12,18H,6-9H2,1-3H3,(H,21,22)/t11-/m0/s1. The van der Waals surface area contributed by atoms with E-state index in [0.717, 1.165) is 6.26 Å². The number of nitrogens with zero attached hydrogens (tertiary/aromatic N) is 1. The molecule has 144 valence electrons. The number of anilines is 1. The maximum Gasteiger partial charge on any atom is 0.407 e. The Hall–Kier alpha value is -2.29. The number of hydrogen-bond acceptors (Lipinski definition) is 6. The highest BCUT2D eigenvalue weighted by Crippen LogP contribution is 2.28. The average Bonchev–Trinajstić information content (AvgIpc) is 2.60. The van der Waals surface area contributed by atoms with Gasteiger partial charge in [0.2, 0.25) is 0 Å². The number of piperidine rings is 1.